The predicted molar refractivity (Wildman–Crippen MR) is 78.7 cm³/mol. The lowest BCUT2D eigenvalue weighted by molar-refractivity contribution is -0.139. The van der Waals surface area contributed by atoms with Gasteiger partial charge in [0.05, 0.1) is 12.7 Å². The van der Waals surface area contributed by atoms with Crippen LogP contribution in [0.5, 0.6) is 0 Å². The Morgan fingerprint density at radius 1 is 1.37 bits per heavy atom. The van der Waals surface area contributed by atoms with Gasteiger partial charge in [0, 0.05) is 19.5 Å². The average Bonchev–Trinajstić information content (AvgIpc) is 2.46. The van der Waals surface area contributed by atoms with Gasteiger partial charge in [0.15, 0.2) is 0 Å². The highest BCUT2D eigenvalue weighted by Crippen LogP contribution is 2.19. The molecule has 1 atom stereocenters. The van der Waals surface area contributed by atoms with Crippen LogP contribution in [0.25, 0.3) is 0 Å². The van der Waals surface area contributed by atoms with Gasteiger partial charge in [0.25, 0.3) is 0 Å². The topological polar surface area (TPSA) is 41.6 Å². The van der Waals surface area contributed by atoms with Crippen LogP contribution < -0.4 is 5.32 Å². The zero-order valence-corrected chi connectivity index (χ0v) is 12.7. The fourth-order valence-corrected chi connectivity index (χ4v) is 2.85. The van der Waals surface area contributed by atoms with Crippen LogP contribution in [-0.2, 0) is 9.53 Å². The molecule has 2 aliphatic rings. The maximum atomic E-state index is 12.2. The first-order chi connectivity index (χ1) is 8.79. The molecule has 0 aromatic heterocycles. The fraction of sp³-hybridized carbons (Fsp3) is 0.929. The van der Waals surface area contributed by atoms with E-state index in [0.29, 0.717) is 12.5 Å². The highest BCUT2D eigenvalue weighted by atomic mass is 35.5. The average molecular weight is 291 g/mol. The number of nitrogens with zero attached hydrogens (tertiary/aromatic N) is 1. The Bertz CT molecular complexity index is 270. The highest BCUT2D eigenvalue weighted by Gasteiger charge is 2.23. The van der Waals surface area contributed by atoms with Gasteiger partial charge in [-0.05, 0) is 44.7 Å². The van der Waals surface area contributed by atoms with E-state index < -0.39 is 0 Å². The summed E-state index contributed by atoms with van der Waals surface area (Å²) < 4.78 is 5.60. The summed E-state index contributed by atoms with van der Waals surface area (Å²) in [5.41, 5.74) is 0. The number of nitrogens with one attached hydrogen (secondary N) is 1. The van der Waals surface area contributed by atoms with Gasteiger partial charge < -0.3 is 15.0 Å². The molecule has 112 valence electrons. The highest BCUT2D eigenvalue weighted by molar-refractivity contribution is 5.85. The van der Waals surface area contributed by atoms with E-state index in [2.05, 4.69) is 12.2 Å². The van der Waals surface area contributed by atoms with Crippen molar-refractivity contribution in [2.24, 2.45) is 5.92 Å². The van der Waals surface area contributed by atoms with E-state index >= 15 is 0 Å². The van der Waals surface area contributed by atoms with E-state index in [1.807, 2.05) is 4.90 Å². The number of morpholine rings is 1. The van der Waals surface area contributed by atoms with Crippen LogP contribution in [-0.4, -0.2) is 49.7 Å². The third kappa shape index (κ3) is 5.28. The molecule has 4 nitrogen and oxygen atoms in total. The molecule has 1 N–H and O–H groups in total. The van der Waals surface area contributed by atoms with Gasteiger partial charge in [-0.25, -0.2) is 0 Å². The molecule has 19 heavy (non-hydrogen) atoms. The number of rotatable bonds is 4. The third-order valence-corrected chi connectivity index (χ3v) is 4.17. The van der Waals surface area contributed by atoms with E-state index in [1.54, 1.807) is 0 Å². The van der Waals surface area contributed by atoms with Crippen LogP contribution >= 0.6 is 12.4 Å². The molecule has 0 bridgehead atoms. The molecule has 0 aromatic carbocycles. The molecule has 0 radical (unpaired) electrons. The van der Waals surface area contributed by atoms with E-state index in [4.69, 9.17) is 4.74 Å². The maximum Gasteiger partial charge on any atom is 0.222 e. The number of hydrogen-bond acceptors (Lipinski definition) is 3. The van der Waals surface area contributed by atoms with Crippen molar-refractivity contribution in [3.63, 3.8) is 0 Å². The van der Waals surface area contributed by atoms with E-state index in [9.17, 15) is 4.79 Å². The summed E-state index contributed by atoms with van der Waals surface area (Å²) >= 11 is 0. The summed E-state index contributed by atoms with van der Waals surface area (Å²) in [6, 6.07) is 0. The van der Waals surface area contributed by atoms with Crippen molar-refractivity contribution in [3.8, 4) is 0 Å². The van der Waals surface area contributed by atoms with Crippen molar-refractivity contribution < 1.29 is 9.53 Å². The molecule has 2 aliphatic heterocycles. The lowest BCUT2D eigenvalue weighted by Gasteiger charge is -2.33. The van der Waals surface area contributed by atoms with Crippen molar-refractivity contribution in [2.45, 2.75) is 45.1 Å². The second-order valence-electron chi connectivity index (χ2n) is 5.47. The molecule has 0 saturated carbocycles. The number of ether oxygens (including phenoxy) is 1. The first-order valence-electron chi connectivity index (χ1n) is 7.39. The van der Waals surface area contributed by atoms with Gasteiger partial charge in [-0.1, -0.05) is 6.92 Å². The molecule has 1 unspecified atom stereocenters. The zero-order chi connectivity index (χ0) is 12.8. The Morgan fingerprint density at radius 3 is 2.79 bits per heavy atom. The minimum Gasteiger partial charge on any atom is -0.375 e. The third-order valence-electron chi connectivity index (χ3n) is 4.17. The maximum absolute atomic E-state index is 12.2. The van der Waals surface area contributed by atoms with Crippen molar-refractivity contribution in [1.29, 1.82) is 0 Å². The first-order valence-corrected chi connectivity index (χ1v) is 7.39. The predicted octanol–water partition coefficient (Wildman–Crippen LogP) is 1.83. The van der Waals surface area contributed by atoms with Gasteiger partial charge in [-0.3, -0.25) is 4.79 Å². The number of halogens is 1. The Balaban J connectivity index is 0.00000180. The van der Waals surface area contributed by atoms with Gasteiger partial charge >= 0.3 is 0 Å². The summed E-state index contributed by atoms with van der Waals surface area (Å²) in [6.45, 7) is 6.64. The van der Waals surface area contributed by atoms with Crippen LogP contribution in [0.4, 0.5) is 0 Å². The molecule has 1 amide bonds. The van der Waals surface area contributed by atoms with E-state index in [-0.39, 0.29) is 18.5 Å². The number of amides is 1. The summed E-state index contributed by atoms with van der Waals surface area (Å²) in [4.78, 5) is 14.2. The Labute approximate surface area is 122 Å². The number of carbonyl (C=O) groups is 1. The summed E-state index contributed by atoms with van der Waals surface area (Å²) in [6.07, 6.45) is 5.50. The van der Waals surface area contributed by atoms with Gasteiger partial charge in [0.1, 0.15) is 0 Å². The molecule has 0 spiro atoms. The first kappa shape index (κ1) is 16.7. The molecule has 2 fully saturated rings. The van der Waals surface area contributed by atoms with Gasteiger partial charge in [0.2, 0.25) is 5.91 Å². The second-order valence-corrected chi connectivity index (χ2v) is 5.47. The zero-order valence-electron chi connectivity index (χ0n) is 11.9. The summed E-state index contributed by atoms with van der Waals surface area (Å²) in [5.74, 6) is 1.08. The second kappa shape index (κ2) is 8.77. The minimum absolute atomic E-state index is 0. The van der Waals surface area contributed by atoms with Crippen molar-refractivity contribution in [1.82, 2.24) is 10.2 Å². The number of piperidine rings is 1. The van der Waals surface area contributed by atoms with Crippen molar-refractivity contribution in [3.05, 3.63) is 0 Å². The number of carbonyl (C=O) groups excluding carboxylic acids is 1. The van der Waals surface area contributed by atoms with Crippen LogP contribution in [0.1, 0.15) is 39.0 Å². The smallest absolute Gasteiger partial charge is 0.222 e. The molecule has 0 aliphatic carbocycles. The van der Waals surface area contributed by atoms with Crippen molar-refractivity contribution >= 4 is 18.3 Å². The van der Waals surface area contributed by atoms with E-state index in [0.717, 1.165) is 51.4 Å². The largest absolute Gasteiger partial charge is 0.375 e. The molecule has 0 aromatic rings. The standard InChI is InChI=1S/C14H26N2O2.ClH/c1-2-13-11-16(9-10-18-13)14(17)4-3-12-5-7-15-8-6-12;/h12-13,15H,2-11H2,1H3;1H. The summed E-state index contributed by atoms with van der Waals surface area (Å²) in [5, 5.41) is 3.37. The van der Waals surface area contributed by atoms with Gasteiger partial charge in [-0.15, -0.1) is 12.4 Å². The Hall–Kier alpha value is -0.320. The van der Waals surface area contributed by atoms with Crippen molar-refractivity contribution in [2.75, 3.05) is 32.8 Å². The quantitative estimate of drug-likeness (QED) is 0.859. The summed E-state index contributed by atoms with van der Waals surface area (Å²) in [7, 11) is 0. The lowest BCUT2D eigenvalue weighted by Crippen LogP contribution is -2.45. The molecular formula is C14H27ClN2O2. The Kier molecular flexibility index (Phi) is 7.73. The normalized spacial score (nSPS) is 24.9. The molecule has 2 heterocycles. The van der Waals surface area contributed by atoms with Crippen LogP contribution in [0.15, 0.2) is 0 Å². The molecule has 5 heteroatoms. The minimum atomic E-state index is 0. The fourth-order valence-electron chi connectivity index (χ4n) is 2.85. The van der Waals surface area contributed by atoms with Crippen LogP contribution in [0, 0.1) is 5.92 Å². The Morgan fingerprint density at radius 2 is 2.11 bits per heavy atom. The number of hydrogen-bond donors (Lipinski definition) is 1. The molecule has 2 rings (SSSR count). The van der Waals surface area contributed by atoms with E-state index in [1.165, 1.54) is 12.8 Å². The lowest BCUT2D eigenvalue weighted by atomic mass is 9.93. The monoisotopic (exact) mass is 290 g/mol. The van der Waals surface area contributed by atoms with Gasteiger partial charge in [-0.2, -0.15) is 0 Å². The van der Waals surface area contributed by atoms with Crippen LogP contribution in [0.3, 0.4) is 0 Å². The SMILES string of the molecule is CCC1CN(C(=O)CCC2CCNCC2)CCO1.Cl. The molecular weight excluding hydrogens is 264 g/mol. The molecule has 2 saturated heterocycles. The van der Waals surface area contributed by atoms with Crippen LogP contribution in [0.2, 0.25) is 0 Å².